The molecule has 0 saturated heterocycles. The van der Waals surface area contributed by atoms with Crippen LogP contribution in [0.2, 0.25) is 0 Å². The van der Waals surface area contributed by atoms with Crippen LogP contribution in [-0.2, 0) is 0 Å². The second-order valence-corrected chi connectivity index (χ2v) is 4.24. The zero-order valence-electron chi connectivity index (χ0n) is 8.18. The summed E-state index contributed by atoms with van der Waals surface area (Å²) in [6.45, 7) is 2.85. The maximum Gasteiger partial charge on any atom is 0.315 e. The summed E-state index contributed by atoms with van der Waals surface area (Å²) in [6, 6.07) is 0.501. The third-order valence-electron chi connectivity index (χ3n) is 3.19. The van der Waals surface area contributed by atoms with Crippen LogP contribution in [-0.4, -0.2) is 18.6 Å². The Balaban J connectivity index is 1.68. The Kier molecular flexibility index (Phi) is 2.42. The van der Waals surface area contributed by atoms with E-state index < -0.39 is 0 Å². The van der Waals surface area contributed by atoms with Crippen molar-refractivity contribution in [2.24, 2.45) is 11.8 Å². The van der Waals surface area contributed by atoms with Gasteiger partial charge in [0.1, 0.15) is 0 Å². The highest BCUT2D eigenvalue weighted by atomic mass is 16.2. The highest BCUT2D eigenvalue weighted by molar-refractivity contribution is 5.74. The molecule has 3 unspecified atom stereocenters. The third kappa shape index (κ3) is 1.95. The topological polar surface area (TPSA) is 41.1 Å². The summed E-state index contributed by atoms with van der Waals surface area (Å²) in [6.07, 6.45) is 4.86. The molecule has 0 heterocycles. The van der Waals surface area contributed by atoms with Crippen LogP contribution in [0.4, 0.5) is 4.79 Å². The molecular formula is C10H18N2O. The van der Waals surface area contributed by atoms with Gasteiger partial charge in [0.05, 0.1) is 0 Å². The van der Waals surface area contributed by atoms with Crippen molar-refractivity contribution in [2.75, 3.05) is 6.54 Å². The van der Waals surface area contributed by atoms with Gasteiger partial charge in [-0.2, -0.15) is 0 Å². The highest BCUT2D eigenvalue weighted by Gasteiger charge is 2.48. The lowest BCUT2D eigenvalue weighted by Crippen LogP contribution is -2.42. The summed E-state index contributed by atoms with van der Waals surface area (Å²) >= 11 is 0. The number of rotatable bonds is 3. The molecule has 13 heavy (non-hydrogen) atoms. The van der Waals surface area contributed by atoms with Crippen molar-refractivity contribution in [3.8, 4) is 0 Å². The van der Waals surface area contributed by atoms with Crippen LogP contribution < -0.4 is 10.6 Å². The van der Waals surface area contributed by atoms with Crippen molar-refractivity contribution in [1.29, 1.82) is 0 Å². The molecule has 0 aromatic rings. The number of urea groups is 1. The van der Waals surface area contributed by atoms with Crippen LogP contribution in [0, 0.1) is 11.8 Å². The zero-order chi connectivity index (χ0) is 9.26. The van der Waals surface area contributed by atoms with Gasteiger partial charge in [-0.25, -0.2) is 4.79 Å². The van der Waals surface area contributed by atoms with Gasteiger partial charge in [-0.05, 0) is 37.5 Å². The summed E-state index contributed by atoms with van der Waals surface area (Å²) in [5.41, 5.74) is 0. The molecule has 2 rings (SSSR count). The first-order valence-electron chi connectivity index (χ1n) is 5.35. The SMILES string of the molecule is CCCNC(=O)NC1CCC2CC21. The summed E-state index contributed by atoms with van der Waals surface area (Å²) in [4.78, 5) is 11.3. The minimum absolute atomic E-state index is 0.0272. The molecule has 3 atom stereocenters. The number of amides is 2. The number of carbonyl (C=O) groups excluding carboxylic acids is 1. The molecule has 0 radical (unpaired) electrons. The molecule has 2 aliphatic carbocycles. The highest BCUT2D eigenvalue weighted by Crippen LogP contribution is 2.51. The molecule has 2 fully saturated rings. The first-order valence-corrected chi connectivity index (χ1v) is 5.35. The maximum atomic E-state index is 11.3. The molecule has 74 valence electrons. The Morgan fingerprint density at radius 2 is 2.31 bits per heavy atom. The van der Waals surface area contributed by atoms with E-state index in [1.165, 1.54) is 19.3 Å². The van der Waals surface area contributed by atoms with Crippen LogP contribution in [0.3, 0.4) is 0 Å². The van der Waals surface area contributed by atoms with Gasteiger partial charge in [0.2, 0.25) is 0 Å². The van der Waals surface area contributed by atoms with E-state index >= 15 is 0 Å². The maximum absolute atomic E-state index is 11.3. The number of hydrogen-bond acceptors (Lipinski definition) is 1. The number of nitrogens with one attached hydrogen (secondary N) is 2. The molecule has 3 nitrogen and oxygen atoms in total. The van der Waals surface area contributed by atoms with Crippen LogP contribution in [0.5, 0.6) is 0 Å². The molecule has 2 saturated carbocycles. The zero-order valence-corrected chi connectivity index (χ0v) is 8.18. The predicted molar refractivity (Wildman–Crippen MR) is 51.4 cm³/mol. The Morgan fingerprint density at radius 3 is 2.85 bits per heavy atom. The van der Waals surface area contributed by atoms with Crippen LogP contribution in [0.1, 0.15) is 32.6 Å². The van der Waals surface area contributed by atoms with Gasteiger partial charge in [-0.3, -0.25) is 0 Å². The summed E-state index contributed by atoms with van der Waals surface area (Å²) in [7, 11) is 0. The Morgan fingerprint density at radius 1 is 1.46 bits per heavy atom. The fourth-order valence-electron chi connectivity index (χ4n) is 2.34. The van der Waals surface area contributed by atoms with Crippen molar-refractivity contribution in [3.05, 3.63) is 0 Å². The molecule has 0 bridgehead atoms. The molecule has 0 aromatic heterocycles. The Hall–Kier alpha value is -0.730. The fourth-order valence-corrected chi connectivity index (χ4v) is 2.34. The number of hydrogen-bond donors (Lipinski definition) is 2. The van der Waals surface area contributed by atoms with Crippen LogP contribution in [0.25, 0.3) is 0 Å². The lowest BCUT2D eigenvalue weighted by Gasteiger charge is -2.14. The standard InChI is InChI=1S/C10H18N2O/c1-2-5-11-10(13)12-9-4-3-7-6-8(7)9/h7-9H,2-6H2,1H3,(H2,11,12,13). The smallest absolute Gasteiger partial charge is 0.315 e. The molecular weight excluding hydrogens is 164 g/mol. The monoisotopic (exact) mass is 182 g/mol. The van der Waals surface area contributed by atoms with Gasteiger partial charge >= 0.3 is 6.03 Å². The summed E-state index contributed by atoms with van der Waals surface area (Å²) in [5.74, 6) is 1.75. The summed E-state index contributed by atoms with van der Waals surface area (Å²) < 4.78 is 0. The molecule has 2 N–H and O–H groups in total. The minimum atomic E-state index is 0.0272. The van der Waals surface area contributed by atoms with Gasteiger partial charge in [-0.15, -0.1) is 0 Å². The molecule has 0 aromatic carbocycles. The summed E-state index contributed by atoms with van der Waals surface area (Å²) in [5, 5.41) is 5.90. The van der Waals surface area contributed by atoms with E-state index in [0.717, 1.165) is 24.8 Å². The van der Waals surface area contributed by atoms with E-state index in [2.05, 4.69) is 17.6 Å². The first kappa shape index (κ1) is 8.85. The van der Waals surface area contributed by atoms with E-state index in [1.807, 2.05) is 0 Å². The van der Waals surface area contributed by atoms with Gasteiger partial charge < -0.3 is 10.6 Å². The van der Waals surface area contributed by atoms with Crippen molar-refractivity contribution >= 4 is 6.03 Å². The fraction of sp³-hybridized carbons (Fsp3) is 0.900. The average Bonchev–Trinajstić information content (AvgIpc) is 2.81. The third-order valence-corrected chi connectivity index (χ3v) is 3.19. The van der Waals surface area contributed by atoms with Crippen molar-refractivity contribution in [1.82, 2.24) is 10.6 Å². The first-order chi connectivity index (χ1) is 6.31. The molecule has 2 aliphatic rings. The lowest BCUT2D eigenvalue weighted by atomic mass is 10.2. The van der Waals surface area contributed by atoms with E-state index in [-0.39, 0.29) is 6.03 Å². The number of carbonyl (C=O) groups is 1. The second kappa shape index (κ2) is 3.56. The van der Waals surface area contributed by atoms with E-state index in [0.29, 0.717) is 6.04 Å². The van der Waals surface area contributed by atoms with E-state index in [4.69, 9.17) is 0 Å². The van der Waals surface area contributed by atoms with Gasteiger partial charge in [0, 0.05) is 12.6 Å². The lowest BCUT2D eigenvalue weighted by molar-refractivity contribution is 0.236. The Bertz CT molecular complexity index is 205. The van der Waals surface area contributed by atoms with E-state index in [1.54, 1.807) is 0 Å². The number of fused-ring (bicyclic) bond motifs is 1. The van der Waals surface area contributed by atoms with E-state index in [9.17, 15) is 4.79 Å². The van der Waals surface area contributed by atoms with Crippen molar-refractivity contribution < 1.29 is 4.79 Å². The molecule has 0 aliphatic heterocycles. The molecule has 0 spiro atoms. The molecule has 3 heteroatoms. The van der Waals surface area contributed by atoms with Crippen LogP contribution >= 0.6 is 0 Å². The normalized spacial score (nSPS) is 35.3. The average molecular weight is 182 g/mol. The van der Waals surface area contributed by atoms with Gasteiger partial charge in [0.15, 0.2) is 0 Å². The van der Waals surface area contributed by atoms with Crippen molar-refractivity contribution in [3.63, 3.8) is 0 Å². The van der Waals surface area contributed by atoms with Crippen LogP contribution in [0.15, 0.2) is 0 Å². The van der Waals surface area contributed by atoms with Gasteiger partial charge in [-0.1, -0.05) is 6.92 Å². The predicted octanol–water partition coefficient (Wildman–Crippen LogP) is 1.49. The van der Waals surface area contributed by atoms with Gasteiger partial charge in [0.25, 0.3) is 0 Å². The Labute approximate surface area is 79.3 Å². The largest absolute Gasteiger partial charge is 0.338 e. The quantitative estimate of drug-likeness (QED) is 0.682. The minimum Gasteiger partial charge on any atom is -0.338 e. The molecule has 2 amide bonds. The van der Waals surface area contributed by atoms with Crippen molar-refractivity contribution in [2.45, 2.75) is 38.6 Å². The second-order valence-electron chi connectivity index (χ2n) is 4.24.